The monoisotopic (exact) mass is 250 g/mol. The Kier molecular flexibility index (Phi) is 2.81. The lowest BCUT2D eigenvalue weighted by Gasteiger charge is -2.27. The van der Waals surface area contributed by atoms with Crippen LogP contribution in [0, 0.1) is 5.92 Å². The largest absolute Gasteiger partial charge is 0.437 e. The molecule has 0 radical (unpaired) electrons. The number of piperidine rings is 1. The summed E-state index contributed by atoms with van der Waals surface area (Å²) in [5.41, 5.74) is 1.54. The number of para-hydroxylation sites is 1. The normalized spacial score (nSPS) is 25.3. The van der Waals surface area contributed by atoms with E-state index < -0.39 is 0 Å². The van der Waals surface area contributed by atoms with Crippen LogP contribution in [0.15, 0.2) is 22.6 Å². The molecule has 3 rings (SSSR count). The molecule has 1 aromatic heterocycles. The topological polar surface area (TPSA) is 38.1 Å². The van der Waals surface area contributed by atoms with Crippen LogP contribution in [0.5, 0.6) is 0 Å². The van der Waals surface area contributed by atoms with Crippen LogP contribution in [0.1, 0.15) is 31.7 Å². The fourth-order valence-electron chi connectivity index (χ4n) is 2.45. The maximum atomic E-state index is 6.09. The first kappa shape index (κ1) is 11.1. The van der Waals surface area contributed by atoms with Crippen molar-refractivity contribution in [2.24, 2.45) is 5.92 Å². The van der Waals surface area contributed by atoms with Gasteiger partial charge in [0.1, 0.15) is 5.52 Å². The van der Waals surface area contributed by atoms with Gasteiger partial charge in [0.05, 0.1) is 11.1 Å². The van der Waals surface area contributed by atoms with Crippen LogP contribution in [-0.4, -0.2) is 11.5 Å². The predicted molar refractivity (Wildman–Crippen MR) is 68.2 cm³/mol. The first-order valence-electron chi connectivity index (χ1n) is 6.04. The van der Waals surface area contributed by atoms with E-state index in [1.807, 2.05) is 18.2 Å². The van der Waals surface area contributed by atoms with Crippen LogP contribution in [0.4, 0.5) is 0 Å². The van der Waals surface area contributed by atoms with Crippen molar-refractivity contribution in [3.05, 3.63) is 29.1 Å². The minimum atomic E-state index is 0.215. The molecule has 1 aromatic carbocycles. The average molecular weight is 251 g/mol. The summed E-state index contributed by atoms with van der Waals surface area (Å²) in [7, 11) is 0. The lowest BCUT2D eigenvalue weighted by Crippen LogP contribution is -2.32. The highest BCUT2D eigenvalue weighted by atomic mass is 35.5. The Morgan fingerprint density at radius 2 is 2.35 bits per heavy atom. The van der Waals surface area contributed by atoms with Gasteiger partial charge in [-0.1, -0.05) is 24.6 Å². The second-order valence-electron chi connectivity index (χ2n) is 4.69. The first-order chi connectivity index (χ1) is 8.25. The van der Waals surface area contributed by atoms with Crippen LogP contribution >= 0.6 is 11.6 Å². The minimum Gasteiger partial charge on any atom is -0.437 e. The van der Waals surface area contributed by atoms with Gasteiger partial charge in [-0.25, -0.2) is 4.98 Å². The number of fused-ring (bicyclic) bond motifs is 1. The van der Waals surface area contributed by atoms with E-state index in [0.717, 1.165) is 18.0 Å². The van der Waals surface area contributed by atoms with Gasteiger partial charge in [0.15, 0.2) is 5.58 Å². The number of nitrogens with one attached hydrogen (secondary N) is 1. The summed E-state index contributed by atoms with van der Waals surface area (Å²) < 4.78 is 5.80. The first-order valence-corrected chi connectivity index (χ1v) is 6.42. The van der Waals surface area contributed by atoms with E-state index in [9.17, 15) is 0 Å². The number of aromatic nitrogens is 1. The van der Waals surface area contributed by atoms with Gasteiger partial charge in [0.2, 0.25) is 5.89 Å². The molecule has 3 nitrogen and oxygen atoms in total. The number of hydrogen-bond acceptors (Lipinski definition) is 3. The van der Waals surface area contributed by atoms with Crippen molar-refractivity contribution in [3.8, 4) is 0 Å². The summed E-state index contributed by atoms with van der Waals surface area (Å²) >= 11 is 6.09. The predicted octanol–water partition coefficient (Wildman–Crippen LogP) is 3.54. The zero-order chi connectivity index (χ0) is 11.8. The Labute approximate surface area is 105 Å². The lowest BCUT2D eigenvalue weighted by atomic mass is 9.93. The molecule has 1 fully saturated rings. The highest BCUT2D eigenvalue weighted by molar-refractivity contribution is 6.34. The zero-order valence-electron chi connectivity index (χ0n) is 9.74. The van der Waals surface area contributed by atoms with Gasteiger partial charge in [-0.3, -0.25) is 0 Å². The second-order valence-corrected chi connectivity index (χ2v) is 5.10. The molecule has 0 spiro atoms. The number of rotatable bonds is 1. The summed E-state index contributed by atoms with van der Waals surface area (Å²) in [5.74, 6) is 1.32. The lowest BCUT2D eigenvalue weighted by molar-refractivity contribution is 0.264. The Bertz CT molecular complexity index is 537. The van der Waals surface area contributed by atoms with E-state index in [2.05, 4.69) is 17.2 Å². The summed E-state index contributed by atoms with van der Waals surface area (Å²) in [4.78, 5) is 4.53. The quantitative estimate of drug-likeness (QED) is 0.841. The van der Waals surface area contributed by atoms with Crippen molar-refractivity contribution in [1.82, 2.24) is 10.3 Å². The standard InChI is InChI=1S/C13H15ClN2O/c1-8-4-3-7-15-11(8)13-16-10-6-2-5-9(14)12(10)17-13/h2,5-6,8,11,15H,3-4,7H2,1H3. The minimum absolute atomic E-state index is 0.215. The van der Waals surface area contributed by atoms with Crippen LogP contribution < -0.4 is 5.32 Å². The highest BCUT2D eigenvalue weighted by Crippen LogP contribution is 2.32. The van der Waals surface area contributed by atoms with Crippen molar-refractivity contribution in [2.45, 2.75) is 25.8 Å². The van der Waals surface area contributed by atoms with Gasteiger partial charge in [-0.2, -0.15) is 0 Å². The molecule has 17 heavy (non-hydrogen) atoms. The van der Waals surface area contributed by atoms with E-state index >= 15 is 0 Å². The molecule has 0 amide bonds. The molecule has 0 aliphatic carbocycles. The van der Waals surface area contributed by atoms with Gasteiger partial charge in [-0.05, 0) is 37.4 Å². The van der Waals surface area contributed by atoms with Gasteiger partial charge < -0.3 is 9.73 Å². The van der Waals surface area contributed by atoms with Crippen molar-refractivity contribution in [1.29, 1.82) is 0 Å². The third kappa shape index (κ3) is 1.94. The Morgan fingerprint density at radius 1 is 1.47 bits per heavy atom. The molecular formula is C13H15ClN2O. The SMILES string of the molecule is CC1CCCNC1c1nc2cccc(Cl)c2o1. The Balaban J connectivity index is 2.02. The smallest absolute Gasteiger partial charge is 0.212 e. The van der Waals surface area contributed by atoms with Gasteiger partial charge in [-0.15, -0.1) is 0 Å². The van der Waals surface area contributed by atoms with Gasteiger partial charge >= 0.3 is 0 Å². The molecule has 1 saturated heterocycles. The zero-order valence-corrected chi connectivity index (χ0v) is 10.5. The molecular weight excluding hydrogens is 236 g/mol. The average Bonchev–Trinajstić information content (AvgIpc) is 2.75. The number of oxazole rings is 1. The molecule has 0 bridgehead atoms. The molecule has 90 valence electrons. The highest BCUT2D eigenvalue weighted by Gasteiger charge is 2.27. The third-order valence-electron chi connectivity index (χ3n) is 3.42. The van der Waals surface area contributed by atoms with E-state index in [1.165, 1.54) is 12.8 Å². The molecule has 1 aliphatic rings. The molecule has 1 aliphatic heterocycles. The van der Waals surface area contributed by atoms with Crippen molar-refractivity contribution in [3.63, 3.8) is 0 Å². The van der Waals surface area contributed by atoms with Crippen molar-refractivity contribution < 1.29 is 4.42 Å². The van der Waals surface area contributed by atoms with Crippen LogP contribution in [0.2, 0.25) is 5.02 Å². The fourth-order valence-corrected chi connectivity index (χ4v) is 2.65. The summed E-state index contributed by atoms with van der Waals surface area (Å²) in [5, 5.41) is 4.10. The van der Waals surface area contributed by atoms with Crippen molar-refractivity contribution >= 4 is 22.7 Å². The fraction of sp³-hybridized carbons (Fsp3) is 0.462. The summed E-state index contributed by atoms with van der Waals surface area (Å²) in [6.07, 6.45) is 2.43. The Morgan fingerprint density at radius 3 is 3.12 bits per heavy atom. The number of nitrogens with zero attached hydrogens (tertiary/aromatic N) is 1. The number of halogens is 1. The maximum Gasteiger partial charge on any atom is 0.212 e. The van der Waals surface area contributed by atoms with Crippen LogP contribution in [-0.2, 0) is 0 Å². The molecule has 4 heteroatoms. The van der Waals surface area contributed by atoms with Crippen molar-refractivity contribution in [2.75, 3.05) is 6.54 Å². The van der Waals surface area contributed by atoms with Gasteiger partial charge in [0.25, 0.3) is 0 Å². The maximum absolute atomic E-state index is 6.09. The molecule has 2 aromatic rings. The van der Waals surface area contributed by atoms with Gasteiger partial charge in [0, 0.05) is 0 Å². The second kappa shape index (κ2) is 4.31. The molecule has 1 N–H and O–H groups in total. The van der Waals surface area contributed by atoms with E-state index in [1.54, 1.807) is 0 Å². The molecule has 2 atom stereocenters. The van der Waals surface area contributed by atoms with Crippen LogP contribution in [0.3, 0.4) is 0 Å². The number of benzene rings is 1. The van der Waals surface area contributed by atoms with E-state index in [0.29, 0.717) is 16.5 Å². The number of hydrogen-bond donors (Lipinski definition) is 1. The molecule has 0 saturated carbocycles. The third-order valence-corrected chi connectivity index (χ3v) is 3.72. The Hall–Kier alpha value is -1.06. The summed E-state index contributed by atoms with van der Waals surface area (Å²) in [6, 6.07) is 5.87. The van der Waals surface area contributed by atoms with E-state index in [-0.39, 0.29) is 6.04 Å². The summed E-state index contributed by atoms with van der Waals surface area (Å²) in [6.45, 7) is 3.26. The molecule has 2 heterocycles. The van der Waals surface area contributed by atoms with Crippen LogP contribution in [0.25, 0.3) is 11.1 Å². The molecule has 2 unspecified atom stereocenters. The van der Waals surface area contributed by atoms with E-state index in [4.69, 9.17) is 16.0 Å².